The summed E-state index contributed by atoms with van der Waals surface area (Å²) >= 11 is 0. The van der Waals surface area contributed by atoms with Gasteiger partial charge in [0.05, 0.1) is 35.3 Å². The van der Waals surface area contributed by atoms with Crippen LogP contribution in [0.15, 0.2) is 30.3 Å². The number of rotatable bonds is 2. The molecule has 134 valence electrons. The summed E-state index contributed by atoms with van der Waals surface area (Å²) in [5.41, 5.74) is 3.24. The van der Waals surface area contributed by atoms with Crippen LogP contribution in [0.1, 0.15) is 32.2 Å². The van der Waals surface area contributed by atoms with Gasteiger partial charge < -0.3 is 15.0 Å². The number of hydrogen-bond donors (Lipinski definition) is 1. The Morgan fingerprint density at radius 3 is 2.68 bits per heavy atom. The molecule has 1 saturated heterocycles. The zero-order chi connectivity index (χ0) is 18.2. The van der Waals surface area contributed by atoms with Crippen molar-refractivity contribution in [1.82, 2.24) is 14.7 Å². The summed E-state index contributed by atoms with van der Waals surface area (Å²) < 4.78 is 7.74. The molecule has 2 heterocycles. The Balaban J connectivity index is 1.84. The fraction of sp³-hybridized carbons (Fsp3) is 0.474. The molecular weight excluding hydrogens is 316 g/mol. The predicted octanol–water partition coefficient (Wildman–Crippen LogP) is 3.52. The molecule has 1 aliphatic heterocycles. The van der Waals surface area contributed by atoms with Crippen LogP contribution in [-0.4, -0.2) is 45.5 Å². The van der Waals surface area contributed by atoms with Gasteiger partial charge in [0, 0.05) is 12.2 Å². The normalized spacial score (nSPS) is 19.7. The first-order valence-corrected chi connectivity index (χ1v) is 8.61. The van der Waals surface area contributed by atoms with Crippen molar-refractivity contribution in [3.05, 3.63) is 41.7 Å². The molecule has 2 aromatic rings. The molecule has 6 heteroatoms. The molecule has 0 unspecified atom stereocenters. The Kier molecular flexibility index (Phi) is 4.56. The minimum Gasteiger partial charge on any atom is -0.369 e. The number of carbonyl (C=O) groups is 1. The molecule has 2 amide bonds. The summed E-state index contributed by atoms with van der Waals surface area (Å²) in [5, 5.41) is 7.57. The molecule has 1 N–H and O–H groups in total. The van der Waals surface area contributed by atoms with Gasteiger partial charge in [-0.3, -0.25) is 0 Å². The van der Waals surface area contributed by atoms with E-state index in [1.54, 1.807) is 0 Å². The second-order valence-electron chi connectivity index (χ2n) is 7.35. The van der Waals surface area contributed by atoms with Crippen molar-refractivity contribution in [2.75, 3.05) is 18.4 Å². The van der Waals surface area contributed by atoms with E-state index >= 15 is 0 Å². The number of carbonyl (C=O) groups excluding carboxylic acids is 1. The van der Waals surface area contributed by atoms with E-state index < -0.39 is 0 Å². The molecule has 0 bridgehead atoms. The van der Waals surface area contributed by atoms with Crippen LogP contribution in [0, 0.1) is 13.8 Å². The molecule has 1 aliphatic rings. The van der Waals surface area contributed by atoms with Crippen molar-refractivity contribution in [1.29, 1.82) is 0 Å². The average Bonchev–Trinajstić information content (AvgIpc) is 2.84. The van der Waals surface area contributed by atoms with Gasteiger partial charge in [0.15, 0.2) is 0 Å². The maximum atomic E-state index is 12.8. The Morgan fingerprint density at radius 1 is 1.32 bits per heavy atom. The molecule has 3 rings (SSSR count). The van der Waals surface area contributed by atoms with Crippen LogP contribution in [0.5, 0.6) is 0 Å². The lowest BCUT2D eigenvalue weighted by atomic mass is 10.1. The first-order valence-electron chi connectivity index (χ1n) is 8.61. The van der Waals surface area contributed by atoms with Crippen LogP contribution in [0.2, 0.25) is 0 Å². The minimum absolute atomic E-state index is 0.0146. The zero-order valence-corrected chi connectivity index (χ0v) is 15.5. The lowest BCUT2D eigenvalue weighted by Crippen LogP contribution is -2.54. The molecule has 1 fully saturated rings. The van der Waals surface area contributed by atoms with E-state index in [-0.39, 0.29) is 17.7 Å². The number of morpholine rings is 1. The van der Waals surface area contributed by atoms with Crippen LogP contribution in [0.3, 0.4) is 0 Å². The molecule has 0 spiro atoms. The van der Waals surface area contributed by atoms with E-state index in [1.807, 2.05) is 74.5 Å². The van der Waals surface area contributed by atoms with E-state index in [1.165, 1.54) is 0 Å². The van der Waals surface area contributed by atoms with Crippen molar-refractivity contribution >= 4 is 11.7 Å². The number of aromatic nitrogens is 2. The maximum absolute atomic E-state index is 12.8. The SMILES string of the molecule is Cc1cc(C)n(-c2ccccc2NC(=O)N2C[C@@H](C)OC(C)(C)C2)n1. The molecule has 25 heavy (non-hydrogen) atoms. The first-order chi connectivity index (χ1) is 11.7. The number of ether oxygens (including phenoxy) is 1. The highest BCUT2D eigenvalue weighted by Gasteiger charge is 2.33. The van der Waals surface area contributed by atoms with Crippen LogP contribution >= 0.6 is 0 Å². The van der Waals surface area contributed by atoms with Gasteiger partial charge in [0.25, 0.3) is 0 Å². The van der Waals surface area contributed by atoms with Gasteiger partial charge in [0.2, 0.25) is 0 Å². The molecular formula is C19H26N4O2. The number of amides is 2. The second kappa shape index (κ2) is 6.52. The second-order valence-corrected chi connectivity index (χ2v) is 7.35. The van der Waals surface area contributed by atoms with Gasteiger partial charge in [-0.2, -0.15) is 5.10 Å². The van der Waals surface area contributed by atoms with E-state index in [9.17, 15) is 4.79 Å². The van der Waals surface area contributed by atoms with Gasteiger partial charge in [-0.05, 0) is 52.8 Å². The maximum Gasteiger partial charge on any atom is 0.322 e. The summed E-state index contributed by atoms with van der Waals surface area (Å²) in [6, 6.07) is 9.62. The third-order valence-electron chi connectivity index (χ3n) is 4.24. The number of nitrogens with zero attached hydrogens (tertiary/aromatic N) is 3. The third kappa shape index (κ3) is 3.85. The highest BCUT2D eigenvalue weighted by molar-refractivity contribution is 5.91. The summed E-state index contributed by atoms with van der Waals surface area (Å²) in [5.74, 6) is 0. The minimum atomic E-state index is -0.343. The lowest BCUT2D eigenvalue weighted by Gasteiger charge is -2.41. The van der Waals surface area contributed by atoms with Gasteiger partial charge in [-0.1, -0.05) is 12.1 Å². The fourth-order valence-electron chi connectivity index (χ4n) is 3.44. The molecule has 0 radical (unpaired) electrons. The Morgan fingerprint density at radius 2 is 2.04 bits per heavy atom. The van der Waals surface area contributed by atoms with Gasteiger partial charge >= 0.3 is 6.03 Å². The van der Waals surface area contributed by atoms with Crippen molar-refractivity contribution in [3.8, 4) is 5.69 Å². The Hall–Kier alpha value is -2.34. The van der Waals surface area contributed by atoms with E-state index in [0.717, 1.165) is 22.8 Å². The zero-order valence-electron chi connectivity index (χ0n) is 15.5. The van der Waals surface area contributed by atoms with Crippen molar-refractivity contribution in [2.24, 2.45) is 0 Å². The summed E-state index contributed by atoms with van der Waals surface area (Å²) in [4.78, 5) is 14.6. The van der Waals surface area contributed by atoms with Crippen molar-refractivity contribution in [2.45, 2.75) is 46.3 Å². The van der Waals surface area contributed by atoms with Crippen LogP contribution in [0.4, 0.5) is 10.5 Å². The third-order valence-corrected chi connectivity index (χ3v) is 4.24. The standard InChI is InChI=1S/C19H26N4O2/c1-13-10-14(2)23(21-13)17-9-7-6-8-16(17)20-18(24)22-11-15(3)25-19(4,5)12-22/h6-10,15H,11-12H2,1-5H3,(H,20,24)/t15-/m1/s1. The Bertz CT molecular complexity index is 781. The predicted molar refractivity (Wildman–Crippen MR) is 98.3 cm³/mol. The highest BCUT2D eigenvalue weighted by atomic mass is 16.5. The summed E-state index contributed by atoms with van der Waals surface area (Å²) in [6.45, 7) is 11.1. The fourth-order valence-corrected chi connectivity index (χ4v) is 3.44. The number of nitrogens with one attached hydrogen (secondary N) is 1. The van der Waals surface area contributed by atoms with Crippen LogP contribution in [0.25, 0.3) is 5.69 Å². The molecule has 1 atom stereocenters. The molecule has 0 saturated carbocycles. The van der Waals surface area contributed by atoms with Crippen molar-refractivity contribution in [3.63, 3.8) is 0 Å². The van der Waals surface area contributed by atoms with E-state index in [0.29, 0.717) is 13.1 Å². The number of para-hydroxylation sites is 2. The molecule has 6 nitrogen and oxygen atoms in total. The highest BCUT2D eigenvalue weighted by Crippen LogP contribution is 2.24. The molecule has 0 aliphatic carbocycles. The topological polar surface area (TPSA) is 59.4 Å². The summed E-state index contributed by atoms with van der Waals surface area (Å²) in [6.07, 6.45) is 0.0146. The van der Waals surface area contributed by atoms with E-state index in [4.69, 9.17) is 4.74 Å². The van der Waals surface area contributed by atoms with E-state index in [2.05, 4.69) is 10.4 Å². The quantitative estimate of drug-likeness (QED) is 0.908. The van der Waals surface area contributed by atoms with Gasteiger partial charge in [0.1, 0.15) is 0 Å². The molecule has 1 aromatic carbocycles. The summed E-state index contributed by atoms with van der Waals surface area (Å²) in [7, 11) is 0. The van der Waals surface area contributed by atoms with Crippen molar-refractivity contribution < 1.29 is 9.53 Å². The number of hydrogen-bond acceptors (Lipinski definition) is 3. The average molecular weight is 342 g/mol. The number of urea groups is 1. The molecule has 1 aromatic heterocycles. The largest absolute Gasteiger partial charge is 0.369 e. The number of aryl methyl sites for hydroxylation is 2. The van der Waals surface area contributed by atoms with Crippen LogP contribution in [-0.2, 0) is 4.74 Å². The Labute approximate surface area is 148 Å². The van der Waals surface area contributed by atoms with Crippen LogP contribution < -0.4 is 5.32 Å². The van der Waals surface area contributed by atoms with Gasteiger partial charge in [-0.25, -0.2) is 9.48 Å². The monoisotopic (exact) mass is 342 g/mol. The number of benzene rings is 1. The number of anilines is 1. The lowest BCUT2D eigenvalue weighted by molar-refractivity contribution is -0.116. The first kappa shape index (κ1) is 17.5. The van der Waals surface area contributed by atoms with Gasteiger partial charge in [-0.15, -0.1) is 0 Å². The smallest absolute Gasteiger partial charge is 0.322 e.